The van der Waals surface area contributed by atoms with Crippen LogP contribution in [0.5, 0.6) is 0 Å². The zero-order chi connectivity index (χ0) is 103. The van der Waals surface area contributed by atoms with E-state index in [0.717, 1.165) is 242 Å². The van der Waals surface area contributed by atoms with E-state index >= 15 is 0 Å². The van der Waals surface area contributed by atoms with Crippen LogP contribution in [0.4, 0.5) is 26.3 Å². The van der Waals surface area contributed by atoms with Crippen LogP contribution in [0.1, 0.15) is 123 Å². The van der Waals surface area contributed by atoms with E-state index in [-0.39, 0.29) is 70.2 Å². The van der Waals surface area contributed by atoms with E-state index in [0.29, 0.717) is 63.0 Å². The molecule has 0 bridgehead atoms. The first-order valence-corrected chi connectivity index (χ1v) is 54.2. The van der Waals surface area contributed by atoms with Crippen molar-refractivity contribution in [1.82, 2.24) is 102 Å². The number of aromatic nitrogens is 21. The maximum Gasteiger partial charge on any atom is 0.187 e. The van der Waals surface area contributed by atoms with E-state index in [1.807, 2.05) is 82.5 Å². The van der Waals surface area contributed by atoms with Gasteiger partial charge in [0.1, 0.15) is 82.4 Å². The minimum absolute atomic E-state index is 0.112. The summed E-state index contributed by atoms with van der Waals surface area (Å²) >= 11 is 8.16. The zero-order valence-electron chi connectivity index (χ0n) is 80.6. The number of aldehydes is 2. The van der Waals surface area contributed by atoms with Crippen molar-refractivity contribution in [2.45, 2.75) is 142 Å². The number of hydrogen-bond donors (Lipinski definition) is 1. The number of carbonyl (C=O) groups excluding carboxylic acids is 3. The fourth-order valence-electron chi connectivity index (χ4n) is 19.7. The first-order valence-electron chi connectivity index (χ1n) is 48.0. The first kappa shape index (κ1) is 102. The molecule has 18 aromatic rings. The van der Waals surface area contributed by atoms with Crippen molar-refractivity contribution in [3.63, 3.8) is 0 Å². The fraction of sp³-hybridized carbons (Fsp3) is 0.234. The van der Waals surface area contributed by atoms with E-state index < -0.39 is 0 Å². The minimum Gasteiger partial charge on any atom is -0.328 e. The van der Waals surface area contributed by atoms with Crippen LogP contribution in [0, 0.1) is 46.2 Å². The molecule has 0 fully saturated rings. The van der Waals surface area contributed by atoms with Gasteiger partial charge in [0.15, 0.2) is 20.6 Å². The van der Waals surface area contributed by atoms with Crippen LogP contribution in [-0.2, 0) is 52.9 Å². The van der Waals surface area contributed by atoms with Gasteiger partial charge in [0.05, 0.1) is 110 Å². The number of alkyl halides is 1. The second-order valence-corrected chi connectivity index (χ2v) is 39.8. The molecule has 0 amide bonds. The highest BCUT2D eigenvalue weighted by Crippen LogP contribution is 2.48. The van der Waals surface area contributed by atoms with Crippen LogP contribution < -0.4 is 5.73 Å². The van der Waals surface area contributed by atoms with Gasteiger partial charge in [-0.1, -0.05) is 69.6 Å². The van der Waals surface area contributed by atoms with Crippen LogP contribution in [0.3, 0.4) is 0 Å². The molecule has 18 heterocycles. The summed E-state index contributed by atoms with van der Waals surface area (Å²) in [5.74, 6) is 4.95. The lowest BCUT2D eigenvalue weighted by Gasteiger charge is -2.16. The number of imidazole rings is 6. The van der Waals surface area contributed by atoms with Gasteiger partial charge < -0.3 is 42.7 Å². The molecule has 0 spiro atoms. The highest BCUT2D eigenvalue weighted by atomic mass is 127. The van der Waals surface area contributed by atoms with Gasteiger partial charge in [0.2, 0.25) is 0 Å². The van der Waals surface area contributed by atoms with Crippen molar-refractivity contribution >= 4 is 87.3 Å². The molecule has 0 saturated heterocycles. The van der Waals surface area contributed by atoms with Gasteiger partial charge in [0, 0.05) is 192 Å². The number of nitrogens with zero attached hydrogens (tertiary/aromatic N) is 22. The normalized spacial score (nSPS) is 16.1. The number of aryl methyl sites for hydroxylation is 6. The summed E-state index contributed by atoms with van der Waals surface area (Å²) < 4.78 is 93.8. The topological polar surface area (TPSA) is 324 Å². The standard InChI is InChI=1S/C20H19FN4OS2.C19H15FN4.C18H15FIN3.2C18H15FN4OS.C18H17FN4/c1-12(26)28-11-15-7-8-17-24-18(13-3-5-14(21)6-4-13)19(25(15)17)16-9-10-22-20(23-16)27-2;20-15-3-1-13(2-4-15)18-19(14-8-11-22-12-9-14)24-16(7-10-21)5-6-17(24)23-18;19-14-3-1-12(2-4-14)17-18(13-7-9-21-10-8-13)23-15(11-20)5-6-16(23)22-17;2*1-25-18-20-9-8-14(21-18)17-16(11-2-4-12(19)5-3-11)22-15-7-6-13(10-24)23(15)17;19-14-3-1-12(2-4-14)17-18(13-7-9-21-10-8-13)23-15(11-20)5-6-16(23)22-17/h3-6,9-10,15H,7-8,11H2,1-2H3;1-4,8-9,11-12,16H,5-7H2;1-4,7-10,15H,5-6,11H2;2*2-5,8-10,13H,6-7H2,1H3;1-4,7-10,15H,5-6,11,20H2/t15-;16-;15-;2*13-;15-/m000100/s1. The lowest BCUT2D eigenvalue weighted by atomic mass is 10.0. The minimum atomic E-state index is -0.297. The Hall–Kier alpha value is -14.6. The molecule has 26 nitrogen and oxygen atoms in total. The molecule has 6 aliphatic rings. The Morgan fingerprint density at radius 3 is 0.885 bits per heavy atom. The van der Waals surface area contributed by atoms with Crippen molar-refractivity contribution in [2.75, 3.05) is 35.5 Å². The predicted molar refractivity (Wildman–Crippen MR) is 571 cm³/mol. The molecule has 0 aliphatic carbocycles. The highest BCUT2D eigenvalue weighted by Gasteiger charge is 2.38. The van der Waals surface area contributed by atoms with E-state index in [1.54, 1.807) is 135 Å². The van der Waals surface area contributed by atoms with E-state index in [2.05, 4.69) is 91.8 Å². The average molecular weight is 2170 g/mol. The van der Waals surface area contributed by atoms with Crippen molar-refractivity contribution in [1.29, 1.82) is 5.26 Å². The fourth-order valence-corrected chi connectivity index (χ4v) is 22.3. The van der Waals surface area contributed by atoms with Gasteiger partial charge in [-0.3, -0.25) is 19.7 Å². The van der Waals surface area contributed by atoms with E-state index in [1.165, 1.54) is 120 Å². The second-order valence-electron chi connectivity index (χ2n) is 35.4. The number of nitriles is 1. The Morgan fingerprint density at radius 2 is 0.601 bits per heavy atom. The Kier molecular flexibility index (Phi) is 32.2. The third-order valence-corrected chi connectivity index (χ3v) is 30.1. The monoisotopic (exact) mass is 2170 g/mol. The van der Waals surface area contributed by atoms with Gasteiger partial charge in [-0.25, -0.2) is 86.2 Å². The number of thioether (sulfide) groups is 4. The smallest absolute Gasteiger partial charge is 0.187 e. The molecular weight excluding hydrogens is 2070 g/mol. The Labute approximate surface area is 879 Å². The number of fused-ring (bicyclic) bond motifs is 6. The van der Waals surface area contributed by atoms with Crippen LogP contribution in [0.15, 0.2) is 271 Å². The molecule has 2 N–H and O–H groups in total. The summed E-state index contributed by atoms with van der Waals surface area (Å²) in [7, 11) is 0. The molecule has 12 aromatic heterocycles. The number of rotatable bonds is 22. The molecule has 37 heteroatoms. The third-order valence-electron chi connectivity index (χ3n) is 26.5. The van der Waals surface area contributed by atoms with Crippen LogP contribution in [0.25, 0.3) is 135 Å². The van der Waals surface area contributed by atoms with Crippen LogP contribution in [0.2, 0.25) is 0 Å². The molecule has 24 rings (SSSR count). The van der Waals surface area contributed by atoms with Gasteiger partial charge in [-0.2, -0.15) is 5.26 Å². The summed E-state index contributed by atoms with van der Waals surface area (Å²) in [6.45, 7) is 2.18. The molecule has 0 radical (unpaired) electrons. The molecule has 746 valence electrons. The summed E-state index contributed by atoms with van der Waals surface area (Å²) in [6.07, 6.45) is 34.5. The Morgan fingerprint density at radius 1 is 0.345 bits per heavy atom. The molecule has 6 atom stereocenters. The maximum absolute atomic E-state index is 13.4. The summed E-state index contributed by atoms with van der Waals surface area (Å²) in [5, 5.41) is 11.2. The van der Waals surface area contributed by atoms with Crippen molar-refractivity contribution in [3.05, 3.63) is 326 Å². The van der Waals surface area contributed by atoms with E-state index in [4.69, 9.17) is 40.9 Å². The number of pyridine rings is 3. The summed E-state index contributed by atoms with van der Waals surface area (Å²) in [5.41, 5.74) is 27.0. The first-order chi connectivity index (χ1) is 72.3. The highest BCUT2D eigenvalue weighted by molar-refractivity contribution is 14.1. The molecular formula is C111H96F6IN23O3S4. The number of hydrogen-bond acceptors (Lipinski definition) is 24. The zero-order valence-corrected chi connectivity index (χ0v) is 86.0. The van der Waals surface area contributed by atoms with Gasteiger partial charge >= 0.3 is 0 Å². The number of carbonyl (C=O) groups is 3. The lowest BCUT2D eigenvalue weighted by molar-refractivity contribution is -0.111. The SMILES string of the molecule is CSc1nccc(-c2c(-c3ccc(F)cc3)nc3n2[C@@H](C=O)CC3)n1.CSc1nccc(-c2c(-c3ccc(F)cc3)nc3n2[C@H](C=O)CC3)n1.CSc1nccc(-c2c(-c3ccc(F)cc3)nc3n2[C@H](CSC(C)=O)CC3)n1.Fc1ccc(-c2nc3n(c2-c2ccncc2)[C@H](CI)CC3)cc1.N#CC[C@@H]1CCc2nc(-c3ccc(F)cc3)c(-c3ccncc3)n21.NC[C@@H]1CCc2nc(-c3ccc(F)cc3)c(-c3ccncc3)n21. The van der Waals surface area contributed by atoms with E-state index in [9.17, 15) is 40.7 Å². The quantitative estimate of drug-likeness (QED) is 0.0164. The van der Waals surface area contributed by atoms with Crippen LogP contribution in [-0.4, -0.2) is 155 Å². The number of benzene rings is 6. The van der Waals surface area contributed by atoms with Crippen molar-refractivity contribution in [2.24, 2.45) is 5.73 Å². The molecule has 0 saturated carbocycles. The maximum atomic E-state index is 13.4. The van der Waals surface area contributed by atoms with Gasteiger partial charge in [-0.15, -0.1) is 0 Å². The van der Waals surface area contributed by atoms with Gasteiger partial charge in [-0.05, 0) is 257 Å². The largest absolute Gasteiger partial charge is 0.328 e. The Bertz CT molecular complexity index is 7540. The Balaban J connectivity index is 0.000000112. The van der Waals surface area contributed by atoms with Crippen molar-refractivity contribution < 1.29 is 40.7 Å². The van der Waals surface area contributed by atoms with Crippen molar-refractivity contribution in [3.8, 4) is 142 Å². The molecule has 148 heavy (non-hydrogen) atoms. The lowest BCUT2D eigenvalue weighted by Crippen LogP contribution is -2.16. The molecule has 6 aliphatic heterocycles. The predicted octanol–water partition coefficient (Wildman–Crippen LogP) is 23.8. The van der Waals surface area contributed by atoms with Crippen LogP contribution >= 0.6 is 69.6 Å². The second kappa shape index (κ2) is 46.7. The molecule has 0 unspecified atom stereocenters. The molecule has 6 aromatic carbocycles. The summed E-state index contributed by atoms with van der Waals surface area (Å²) in [4.78, 5) is 102. The van der Waals surface area contributed by atoms with Gasteiger partial charge in [0.25, 0.3) is 0 Å². The third kappa shape index (κ3) is 21.9. The average Bonchev–Trinajstić information content (AvgIpc) is 1.76. The number of halogens is 7. The summed E-state index contributed by atoms with van der Waals surface area (Å²) in [6, 6.07) is 58.5. The number of nitrogens with two attached hydrogens (primary N) is 1.